The molecule has 2 N–H and O–H groups in total. The Morgan fingerprint density at radius 3 is 2.72 bits per heavy atom. The molecule has 1 aliphatic rings. The van der Waals surface area contributed by atoms with Crippen molar-refractivity contribution >= 4 is 15.7 Å². The van der Waals surface area contributed by atoms with Crippen LogP contribution in [0.5, 0.6) is 0 Å². The van der Waals surface area contributed by atoms with E-state index in [1.807, 2.05) is 6.92 Å². The Kier molecular flexibility index (Phi) is 3.61. The normalized spacial score (nSPS) is 21.3. The molecule has 0 saturated carbocycles. The van der Waals surface area contributed by atoms with Gasteiger partial charge < -0.3 is 10.5 Å². The molecule has 1 heterocycles. The van der Waals surface area contributed by atoms with Crippen LogP contribution in [-0.4, -0.2) is 39.0 Å². The summed E-state index contributed by atoms with van der Waals surface area (Å²) < 4.78 is 31.5. The molecular formula is C12H18N2O3S. The molecule has 1 atom stereocenters. The van der Waals surface area contributed by atoms with E-state index in [4.69, 9.17) is 10.5 Å². The van der Waals surface area contributed by atoms with Crippen molar-refractivity contribution in [1.29, 1.82) is 0 Å². The first-order valence-electron chi connectivity index (χ1n) is 5.84. The zero-order valence-electron chi connectivity index (χ0n) is 10.6. The summed E-state index contributed by atoms with van der Waals surface area (Å²) in [6.45, 7) is 2.75. The van der Waals surface area contributed by atoms with Crippen molar-refractivity contribution in [2.24, 2.45) is 0 Å². The van der Waals surface area contributed by atoms with E-state index in [0.29, 0.717) is 18.8 Å². The Balaban J connectivity index is 2.31. The first-order chi connectivity index (χ1) is 8.45. The summed E-state index contributed by atoms with van der Waals surface area (Å²) in [7, 11) is -1.90. The quantitative estimate of drug-likeness (QED) is 0.831. The summed E-state index contributed by atoms with van der Waals surface area (Å²) in [6, 6.07) is 5.00. The van der Waals surface area contributed by atoms with Crippen LogP contribution in [0.15, 0.2) is 23.1 Å². The lowest BCUT2D eigenvalue weighted by molar-refractivity contribution is 0.115. The molecule has 1 aromatic rings. The van der Waals surface area contributed by atoms with Gasteiger partial charge >= 0.3 is 0 Å². The van der Waals surface area contributed by atoms with E-state index in [1.54, 1.807) is 25.3 Å². The minimum atomic E-state index is -3.50. The highest BCUT2D eigenvalue weighted by molar-refractivity contribution is 7.89. The number of hydrogen-bond donors (Lipinski definition) is 1. The molecule has 0 bridgehead atoms. The molecule has 6 heteroatoms. The molecule has 1 aromatic carbocycles. The third-order valence-electron chi connectivity index (χ3n) is 3.22. The minimum Gasteiger partial charge on any atom is -0.398 e. The Bertz CT molecular complexity index is 542. The van der Waals surface area contributed by atoms with Crippen LogP contribution in [0.3, 0.4) is 0 Å². The van der Waals surface area contributed by atoms with Gasteiger partial charge in [0.15, 0.2) is 0 Å². The van der Waals surface area contributed by atoms with Gasteiger partial charge in [-0.1, -0.05) is 6.07 Å². The van der Waals surface area contributed by atoms with Crippen molar-refractivity contribution in [2.45, 2.75) is 24.3 Å². The highest BCUT2D eigenvalue weighted by atomic mass is 32.2. The Hall–Kier alpha value is -1.11. The molecule has 100 valence electrons. The van der Waals surface area contributed by atoms with Crippen molar-refractivity contribution in [3.63, 3.8) is 0 Å². The van der Waals surface area contributed by atoms with Crippen molar-refractivity contribution in [1.82, 2.24) is 4.31 Å². The van der Waals surface area contributed by atoms with E-state index in [1.165, 1.54) is 4.31 Å². The third-order valence-corrected chi connectivity index (χ3v) is 5.16. The molecule has 1 aliphatic heterocycles. The first kappa shape index (κ1) is 13.3. The number of benzene rings is 1. The predicted octanol–water partition coefficient (Wildman–Crippen LogP) is 0.987. The maximum atomic E-state index is 12.4. The third kappa shape index (κ3) is 2.36. The lowest BCUT2D eigenvalue weighted by Gasteiger charge is -2.17. The smallest absolute Gasteiger partial charge is 0.245 e. The zero-order valence-corrected chi connectivity index (χ0v) is 11.4. The number of rotatable bonds is 3. The van der Waals surface area contributed by atoms with E-state index < -0.39 is 10.0 Å². The molecule has 0 aliphatic carbocycles. The fourth-order valence-electron chi connectivity index (χ4n) is 2.15. The first-order valence-corrected chi connectivity index (χ1v) is 7.28. The van der Waals surface area contributed by atoms with E-state index >= 15 is 0 Å². The number of nitrogens with two attached hydrogens (primary N) is 1. The van der Waals surface area contributed by atoms with Gasteiger partial charge in [-0.15, -0.1) is 0 Å². The van der Waals surface area contributed by atoms with Crippen LogP contribution in [0.4, 0.5) is 5.69 Å². The molecule has 0 spiro atoms. The summed E-state index contributed by atoms with van der Waals surface area (Å²) in [5.74, 6) is 0. The molecule has 0 aromatic heterocycles. The predicted molar refractivity (Wildman–Crippen MR) is 69.8 cm³/mol. The van der Waals surface area contributed by atoms with Gasteiger partial charge in [-0.05, 0) is 31.0 Å². The summed E-state index contributed by atoms with van der Waals surface area (Å²) in [5.41, 5.74) is 7.05. The fraction of sp³-hybridized carbons (Fsp3) is 0.500. The summed E-state index contributed by atoms with van der Waals surface area (Å²) in [4.78, 5) is 0.185. The van der Waals surface area contributed by atoms with E-state index in [0.717, 1.165) is 12.0 Å². The monoisotopic (exact) mass is 270 g/mol. The van der Waals surface area contributed by atoms with Crippen molar-refractivity contribution in [2.75, 3.05) is 25.9 Å². The largest absolute Gasteiger partial charge is 0.398 e. The summed E-state index contributed by atoms with van der Waals surface area (Å²) in [6.07, 6.45) is 0.702. The number of methoxy groups -OCH3 is 1. The molecule has 1 unspecified atom stereocenters. The Morgan fingerprint density at radius 1 is 1.44 bits per heavy atom. The maximum Gasteiger partial charge on any atom is 0.245 e. The van der Waals surface area contributed by atoms with Gasteiger partial charge in [0, 0.05) is 20.2 Å². The average molecular weight is 270 g/mol. The minimum absolute atomic E-state index is 0.0218. The van der Waals surface area contributed by atoms with E-state index in [2.05, 4.69) is 0 Å². The second-order valence-corrected chi connectivity index (χ2v) is 6.46. The van der Waals surface area contributed by atoms with Crippen LogP contribution in [0, 0.1) is 6.92 Å². The van der Waals surface area contributed by atoms with E-state index in [-0.39, 0.29) is 11.0 Å². The maximum absolute atomic E-state index is 12.4. The Morgan fingerprint density at radius 2 is 2.17 bits per heavy atom. The van der Waals surface area contributed by atoms with Gasteiger partial charge in [0.05, 0.1) is 11.8 Å². The van der Waals surface area contributed by atoms with Gasteiger partial charge in [-0.25, -0.2) is 8.42 Å². The zero-order chi connectivity index (χ0) is 13.3. The topological polar surface area (TPSA) is 72.6 Å². The molecule has 5 nitrogen and oxygen atoms in total. The highest BCUT2D eigenvalue weighted by Gasteiger charge is 2.33. The second kappa shape index (κ2) is 4.87. The summed E-state index contributed by atoms with van der Waals surface area (Å²) in [5, 5.41) is 0. The molecule has 1 fully saturated rings. The van der Waals surface area contributed by atoms with Crippen LogP contribution in [0.2, 0.25) is 0 Å². The van der Waals surface area contributed by atoms with Crippen molar-refractivity contribution in [3.05, 3.63) is 23.8 Å². The van der Waals surface area contributed by atoms with Gasteiger partial charge in [0.25, 0.3) is 0 Å². The molecule has 0 amide bonds. The summed E-state index contributed by atoms with van der Waals surface area (Å²) >= 11 is 0. The van der Waals surface area contributed by atoms with Gasteiger partial charge in [0.1, 0.15) is 4.90 Å². The molecule has 0 radical (unpaired) electrons. The van der Waals surface area contributed by atoms with Gasteiger partial charge in [-0.3, -0.25) is 0 Å². The van der Waals surface area contributed by atoms with Crippen LogP contribution >= 0.6 is 0 Å². The SMILES string of the molecule is COC1CCN(S(=O)(=O)c2ccc(C)cc2N)C1. The lowest BCUT2D eigenvalue weighted by atomic mass is 10.2. The number of aryl methyl sites for hydroxylation is 1. The second-order valence-electron chi connectivity index (χ2n) is 4.55. The number of hydrogen-bond acceptors (Lipinski definition) is 4. The number of nitrogen functional groups attached to an aromatic ring is 1. The van der Waals surface area contributed by atoms with Crippen molar-refractivity contribution in [3.8, 4) is 0 Å². The van der Waals surface area contributed by atoms with Crippen LogP contribution in [0.25, 0.3) is 0 Å². The molecule has 18 heavy (non-hydrogen) atoms. The Labute approximate surface area is 108 Å². The fourth-order valence-corrected chi connectivity index (χ4v) is 3.73. The van der Waals surface area contributed by atoms with Gasteiger partial charge in [-0.2, -0.15) is 4.31 Å². The van der Waals surface area contributed by atoms with E-state index in [9.17, 15) is 8.42 Å². The molecule has 2 rings (SSSR count). The average Bonchev–Trinajstić information content (AvgIpc) is 2.77. The van der Waals surface area contributed by atoms with Crippen LogP contribution in [-0.2, 0) is 14.8 Å². The number of ether oxygens (including phenoxy) is 1. The standard InChI is InChI=1S/C12H18N2O3S/c1-9-3-4-12(11(13)7-9)18(15,16)14-6-5-10(8-14)17-2/h3-4,7,10H,5-6,8,13H2,1-2H3. The van der Waals surface area contributed by atoms with Crippen LogP contribution in [0.1, 0.15) is 12.0 Å². The molecular weight excluding hydrogens is 252 g/mol. The van der Waals surface area contributed by atoms with Gasteiger partial charge in [0.2, 0.25) is 10.0 Å². The molecule has 1 saturated heterocycles. The van der Waals surface area contributed by atoms with Crippen molar-refractivity contribution < 1.29 is 13.2 Å². The lowest BCUT2D eigenvalue weighted by Crippen LogP contribution is -2.30. The highest BCUT2D eigenvalue weighted by Crippen LogP contribution is 2.26. The van der Waals surface area contributed by atoms with Crippen LogP contribution < -0.4 is 5.73 Å². The number of sulfonamides is 1. The number of nitrogens with zero attached hydrogens (tertiary/aromatic N) is 1. The number of anilines is 1.